The molecule has 1 aromatic heterocycles. The Bertz CT molecular complexity index is 500. The lowest BCUT2D eigenvalue weighted by molar-refractivity contribution is 0.365. The van der Waals surface area contributed by atoms with Crippen LogP contribution in [0, 0.1) is 0 Å². The lowest BCUT2D eigenvalue weighted by Gasteiger charge is -2.21. The van der Waals surface area contributed by atoms with E-state index < -0.39 is 0 Å². The van der Waals surface area contributed by atoms with Crippen molar-refractivity contribution in [1.82, 2.24) is 5.32 Å². The van der Waals surface area contributed by atoms with Gasteiger partial charge in [-0.3, -0.25) is 0 Å². The summed E-state index contributed by atoms with van der Waals surface area (Å²) in [5.74, 6) is 2.42. The summed E-state index contributed by atoms with van der Waals surface area (Å²) < 4.78 is 16.5. The molecule has 2 rings (SSSR count). The quantitative estimate of drug-likeness (QED) is 0.841. The van der Waals surface area contributed by atoms with Gasteiger partial charge in [-0.05, 0) is 37.2 Å². The van der Waals surface area contributed by atoms with Gasteiger partial charge >= 0.3 is 0 Å². The first-order valence-corrected chi connectivity index (χ1v) is 6.79. The van der Waals surface area contributed by atoms with E-state index in [9.17, 15) is 0 Å². The molecule has 1 aromatic carbocycles. The van der Waals surface area contributed by atoms with Crippen LogP contribution in [0.25, 0.3) is 0 Å². The normalized spacial score (nSPS) is 12.2. The van der Waals surface area contributed by atoms with Gasteiger partial charge < -0.3 is 19.2 Å². The molecule has 0 spiro atoms. The number of hydrogen-bond acceptors (Lipinski definition) is 4. The minimum atomic E-state index is -0.0870. The number of methoxy groups -OCH3 is 2. The first-order chi connectivity index (χ1) is 9.81. The Labute approximate surface area is 119 Å². The average molecular weight is 275 g/mol. The Kier molecular flexibility index (Phi) is 5.07. The molecule has 0 aliphatic heterocycles. The molecule has 4 heteroatoms. The SMILES string of the molecule is CCCNC(c1ccco1)c1c(OC)cccc1OC. The van der Waals surface area contributed by atoms with E-state index >= 15 is 0 Å². The van der Waals surface area contributed by atoms with E-state index in [4.69, 9.17) is 13.9 Å². The summed E-state index contributed by atoms with van der Waals surface area (Å²) in [7, 11) is 3.33. The zero-order chi connectivity index (χ0) is 14.4. The highest BCUT2D eigenvalue weighted by Gasteiger charge is 2.24. The molecule has 1 N–H and O–H groups in total. The predicted molar refractivity (Wildman–Crippen MR) is 78.4 cm³/mol. The Morgan fingerprint density at radius 2 is 1.80 bits per heavy atom. The van der Waals surface area contributed by atoms with Crippen LogP contribution in [0.2, 0.25) is 0 Å². The fourth-order valence-corrected chi connectivity index (χ4v) is 2.25. The van der Waals surface area contributed by atoms with Crippen LogP contribution in [0.3, 0.4) is 0 Å². The minimum Gasteiger partial charge on any atom is -0.496 e. The molecule has 0 saturated carbocycles. The summed E-state index contributed by atoms with van der Waals surface area (Å²) in [5.41, 5.74) is 0.959. The zero-order valence-corrected chi connectivity index (χ0v) is 12.2. The van der Waals surface area contributed by atoms with Gasteiger partial charge in [0.25, 0.3) is 0 Å². The second kappa shape index (κ2) is 7.01. The van der Waals surface area contributed by atoms with Gasteiger partial charge in [0.1, 0.15) is 17.3 Å². The van der Waals surface area contributed by atoms with Crippen molar-refractivity contribution in [1.29, 1.82) is 0 Å². The van der Waals surface area contributed by atoms with Gasteiger partial charge in [-0.25, -0.2) is 0 Å². The van der Waals surface area contributed by atoms with Gasteiger partial charge in [0.05, 0.1) is 32.1 Å². The highest BCUT2D eigenvalue weighted by molar-refractivity contribution is 5.49. The van der Waals surface area contributed by atoms with E-state index in [-0.39, 0.29) is 6.04 Å². The van der Waals surface area contributed by atoms with Crippen LogP contribution in [-0.4, -0.2) is 20.8 Å². The van der Waals surface area contributed by atoms with E-state index in [1.54, 1.807) is 20.5 Å². The number of nitrogens with one attached hydrogen (secondary N) is 1. The Balaban J connectivity index is 2.47. The van der Waals surface area contributed by atoms with Crippen molar-refractivity contribution in [3.8, 4) is 11.5 Å². The monoisotopic (exact) mass is 275 g/mol. The maximum atomic E-state index is 5.57. The van der Waals surface area contributed by atoms with Crippen molar-refractivity contribution in [3.05, 3.63) is 47.9 Å². The number of rotatable bonds is 7. The van der Waals surface area contributed by atoms with Gasteiger partial charge in [0.2, 0.25) is 0 Å². The van der Waals surface area contributed by atoms with E-state index in [0.29, 0.717) is 0 Å². The average Bonchev–Trinajstić information content (AvgIpc) is 3.01. The molecule has 1 atom stereocenters. The number of benzene rings is 1. The summed E-state index contributed by atoms with van der Waals surface area (Å²) >= 11 is 0. The predicted octanol–water partition coefficient (Wildman–Crippen LogP) is 3.39. The van der Waals surface area contributed by atoms with Gasteiger partial charge in [0, 0.05) is 0 Å². The van der Waals surface area contributed by atoms with Crippen molar-refractivity contribution >= 4 is 0 Å². The van der Waals surface area contributed by atoms with Crippen molar-refractivity contribution < 1.29 is 13.9 Å². The smallest absolute Gasteiger partial charge is 0.127 e. The molecule has 1 heterocycles. The van der Waals surface area contributed by atoms with Gasteiger partial charge in [-0.2, -0.15) is 0 Å². The molecule has 4 nitrogen and oxygen atoms in total. The Hall–Kier alpha value is -1.94. The van der Waals surface area contributed by atoms with E-state index in [0.717, 1.165) is 35.8 Å². The van der Waals surface area contributed by atoms with Crippen LogP contribution in [0.4, 0.5) is 0 Å². The van der Waals surface area contributed by atoms with Crippen LogP contribution in [-0.2, 0) is 0 Å². The fourth-order valence-electron chi connectivity index (χ4n) is 2.25. The summed E-state index contributed by atoms with van der Waals surface area (Å²) in [6.45, 7) is 3.01. The van der Waals surface area contributed by atoms with Crippen LogP contribution in [0.15, 0.2) is 41.0 Å². The first-order valence-electron chi connectivity index (χ1n) is 6.79. The summed E-state index contributed by atoms with van der Waals surface area (Å²) in [6.07, 6.45) is 2.71. The lowest BCUT2D eigenvalue weighted by Crippen LogP contribution is -2.23. The Morgan fingerprint density at radius 1 is 1.10 bits per heavy atom. The van der Waals surface area contributed by atoms with E-state index in [1.807, 2.05) is 30.3 Å². The molecule has 0 aliphatic carbocycles. The van der Waals surface area contributed by atoms with Crippen LogP contribution >= 0.6 is 0 Å². The zero-order valence-electron chi connectivity index (χ0n) is 12.2. The molecule has 108 valence electrons. The highest BCUT2D eigenvalue weighted by Crippen LogP contribution is 2.37. The van der Waals surface area contributed by atoms with Crippen molar-refractivity contribution in [2.45, 2.75) is 19.4 Å². The third kappa shape index (κ3) is 2.96. The molecule has 0 amide bonds. The van der Waals surface area contributed by atoms with Crippen LogP contribution in [0.5, 0.6) is 11.5 Å². The first kappa shape index (κ1) is 14.5. The number of furan rings is 1. The molecule has 0 bridgehead atoms. The topological polar surface area (TPSA) is 43.6 Å². The molecule has 0 saturated heterocycles. The summed E-state index contributed by atoms with van der Waals surface area (Å²) in [6, 6.07) is 9.54. The van der Waals surface area contributed by atoms with Crippen LogP contribution in [0.1, 0.15) is 30.7 Å². The van der Waals surface area contributed by atoms with E-state index in [1.165, 1.54) is 0 Å². The summed E-state index contributed by atoms with van der Waals surface area (Å²) in [4.78, 5) is 0. The fraction of sp³-hybridized carbons (Fsp3) is 0.375. The molecule has 20 heavy (non-hydrogen) atoms. The molecular formula is C16H21NO3. The van der Waals surface area contributed by atoms with Gasteiger partial charge in [0.15, 0.2) is 0 Å². The largest absolute Gasteiger partial charge is 0.496 e. The third-order valence-electron chi connectivity index (χ3n) is 3.18. The molecule has 2 aromatic rings. The highest BCUT2D eigenvalue weighted by atomic mass is 16.5. The maximum Gasteiger partial charge on any atom is 0.127 e. The number of hydrogen-bond donors (Lipinski definition) is 1. The number of ether oxygens (including phenoxy) is 2. The van der Waals surface area contributed by atoms with Crippen molar-refractivity contribution in [2.75, 3.05) is 20.8 Å². The second-order valence-electron chi connectivity index (χ2n) is 4.48. The molecule has 0 radical (unpaired) electrons. The van der Waals surface area contributed by atoms with Gasteiger partial charge in [-0.1, -0.05) is 13.0 Å². The van der Waals surface area contributed by atoms with Crippen molar-refractivity contribution in [3.63, 3.8) is 0 Å². The minimum absolute atomic E-state index is 0.0870. The summed E-state index contributed by atoms with van der Waals surface area (Å²) in [5, 5.41) is 3.48. The van der Waals surface area contributed by atoms with Gasteiger partial charge in [-0.15, -0.1) is 0 Å². The molecule has 0 fully saturated rings. The second-order valence-corrected chi connectivity index (χ2v) is 4.48. The van der Waals surface area contributed by atoms with E-state index in [2.05, 4.69) is 12.2 Å². The maximum absolute atomic E-state index is 5.57. The molecule has 0 aliphatic rings. The molecular weight excluding hydrogens is 254 g/mol. The standard InChI is InChI=1S/C16H21NO3/c1-4-10-17-16(14-9-6-11-20-14)15-12(18-2)7-5-8-13(15)19-3/h5-9,11,16-17H,4,10H2,1-3H3. The van der Waals surface area contributed by atoms with Crippen LogP contribution < -0.4 is 14.8 Å². The Morgan fingerprint density at radius 3 is 2.30 bits per heavy atom. The lowest BCUT2D eigenvalue weighted by atomic mass is 10.0. The molecule has 1 unspecified atom stereocenters. The van der Waals surface area contributed by atoms with Crippen molar-refractivity contribution in [2.24, 2.45) is 0 Å². The third-order valence-corrected chi connectivity index (χ3v) is 3.18.